The summed E-state index contributed by atoms with van der Waals surface area (Å²) in [6.45, 7) is 4.18. The highest BCUT2D eigenvalue weighted by molar-refractivity contribution is 14.0. The Bertz CT molecular complexity index is 887. The summed E-state index contributed by atoms with van der Waals surface area (Å²) >= 11 is 0. The normalized spacial score (nSPS) is 10.6. The number of aliphatic imine (C=N–C) groups is 1. The zero-order valence-corrected chi connectivity index (χ0v) is 20.3. The molecule has 0 aliphatic carbocycles. The largest absolute Gasteiger partial charge is 0.378 e. The van der Waals surface area contributed by atoms with Crippen LogP contribution in [0.3, 0.4) is 0 Å². The summed E-state index contributed by atoms with van der Waals surface area (Å²) in [6.07, 6.45) is 0. The van der Waals surface area contributed by atoms with Crippen LogP contribution in [0.15, 0.2) is 53.5 Å². The van der Waals surface area contributed by atoms with Crippen molar-refractivity contribution < 1.29 is 9.72 Å². The number of para-hydroxylation sites is 2. The van der Waals surface area contributed by atoms with E-state index >= 15 is 0 Å². The number of nitro groups is 1. The van der Waals surface area contributed by atoms with E-state index in [1.54, 1.807) is 49.3 Å². The SMILES string of the molecule is CCNC(=NCc1ccc(C(=O)N(C)C)cc1)NCCNc1ccccc1[N+](=O)[O-].I. The Morgan fingerprint density at radius 2 is 1.74 bits per heavy atom. The Morgan fingerprint density at radius 3 is 2.35 bits per heavy atom. The molecule has 0 saturated heterocycles. The Hall–Kier alpha value is -2.89. The predicted octanol–water partition coefficient (Wildman–Crippen LogP) is 3.08. The molecule has 3 N–H and O–H groups in total. The molecule has 168 valence electrons. The number of halogens is 1. The number of anilines is 1. The molecule has 0 fully saturated rings. The number of carbonyl (C=O) groups excluding carboxylic acids is 1. The van der Waals surface area contributed by atoms with E-state index in [0.717, 1.165) is 5.56 Å². The molecular formula is C21H29IN6O3. The van der Waals surface area contributed by atoms with E-state index in [2.05, 4.69) is 20.9 Å². The summed E-state index contributed by atoms with van der Waals surface area (Å²) in [5, 5.41) is 20.5. The van der Waals surface area contributed by atoms with E-state index in [1.807, 2.05) is 19.1 Å². The summed E-state index contributed by atoms with van der Waals surface area (Å²) in [5.74, 6) is 0.613. The number of hydrogen-bond donors (Lipinski definition) is 3. The van der Waals surface area contributed by atoms with E-state index in [9.17, 15) is 14.9 Å². The van der Waals surface area contributed by atoms with Crippen LogP contribution in [-0.2, 0) is 6.54 Å². The van der Waals surface area contributed by atoms with Crippen LogP contribution in [-0.4, -0.2) is 55.4 Å². The first-order valence-electron chi connectivity index (χ1n) is 9.72. The summed E-state index contributed by atoms with van der Waals surface area (Å²) in [7, 11) is 3.44. The Labute approximate surface area is 199 Å². The number of rotatable bonds is 9. The molecular weight excluding hydrogens is 511 g/mol. The monoisotopic (exact) mass is 540 g/mol. The first-order chi connectivity index (χ1) is 14.4. The lowest BCUT2D eigenvalue weighted by Gasteiger charge is -2.13. The zero-order valence-electron chi connectivity index (χ0n) is 17.9. The van der Waals surface area contributed by atoms with Gasteiger partial charge in [0.2, 0.25) is 0 Å². The molecule has 0 spiro atoms. The summed E-state index contributed by atoms with van der Waals surface area (Å²) in [5.41, 5.74) is 2.16. The van der Waals surface area contributed by atoms with Gasteiger partial charge in [-0.15, -0.1) is 24.0 Å². The minimum Gasteiger partial charge on any atom is -0.378 e. The molecule has 0 heterocycles. The molecule has 31 heavy (non-hydrogen) atoms. The lowest BCUT2D eigenvalue weighted by Crippen LogP contribution is -2.39. The van der Waals surface area contributed by atoms with Gasteiger partial charge >= 0.3 is 0 Å². The van der Waals surface area contributed by atoms with Crippen LogP contribution in [0, 0.1) is 10.1 Å². The third-order valence-electron chi connectivity index (χ3n) is 4.20. The molecule has 2 rings (SSSR count). The van der Waals surface area contributed by atoms with E-state index in [4.69, 9.17) is 0 Å². The third-order valence-corrected chi connectivity index (χ3v) is 4.20. The molecule has 0 aromatic heterocycles. The number of nitro benzene ring substituents is 1. The second-order valence-corrected chi connectivity index (χ2v) is 6.72. The van der Waals surface area contributed by atoms with Crippen LogP contribution in [0.25, 0.3) is 0 Å². The van der Waals surface area contributed by atoms with Crippen LogP contribution in [0.1, 0.15) is 22.8 Å². The number of carbonyl (C=O) groups is 1. The standard InChI is InChI=1S/C21H28N6O3.HI/c1-4-22-21(24-14-13-23-18-7-5-6-8-19(18)27(29)30)25-15-16-9-11-17(12-10-16)20(28)26(2)3;/h5-12,23H,4,13-15H2,1-3H3,(H2,22,24,25);1H. The topological polar surface area (TPSA) is 112 Å². The van der Waals surface area contributed by atoms with Gasteiger partial charge in [-0.1, -0.05) is 24.3 Å². The van der Waals surface area contributed by atoms with Gasteiger partial charge in [-0.25, -0.2) is 4.99 Å². The molecule has 2 aromatic carbocycles. The van der Waals surface area contributed by atoms with Crippen molar-refractivity contribution >= 4 is 47.2 Å². The van der Waals surface area contributed by atoms with E-state index in [-0.39, 0.29) is 35.6 Å². The lowest BCUT2D eigenvalue weighted by molar-refractivity contribution is -0.384. The average molecular weight is 540 g/mol. The van der Waals surface area contributed by atoms with E-state index < -0.39 is 4.92 Å². The molecule has 0 bridgehead atoms. The predicted molar refractivity (Wildman–Crippen MR) is 134 cm³/mol. The Balaban J connectivity index is 0.00000480. The molecule has 0 radical (unpaired) electrons. The maximum atomic E-state index is 11.9. The van der Waals surface area contributed by atoms with Crippen LogP contribution in [0.5, 0.6) is 0 Å². The molecule has 10 heteroatoms. The minimum atomic E-state index is -0.404. The van der Waals surface area contributed by atoms with Gasteiger partial charge < -0.3 is 20.9 Å². The third kappa shape index (κ3) is 8.40. The Morgan fingerprint density at radius 1 is 1.06 bits per heavy atom. The molecule has 0 saturated carbocycles. The highest BCUT2D eigenvalue weighted by atomic mass is 127. The van der Waals surface area contributed by atoms with E-state index in [1.165, 1.54) is 6.07 Å². The number of hydrogen-bond acceptors (Lipinski definition) is 5. The van der Waals surface area contributed by atoms with Crippen molar-refractivity contribution in [3.8, 4) is 0 Å². The fourth-order valence-electron chi connectivity index (χ4n) is 2.68. The second-order valence-electron chi connectivity index (χ2n) is 6.72. The average Bonchev–Trinajstić information content (AvgIpc) is 2.74. The van der Waals surface area contributed by atoms with Crippen LogP contribution in [0.2, 0.25) is 0 Å². The van der Waals surface area contributed by atoms with Gasteiger partial charge in [-0.05, 0) is 30.7 Å². The van der Waals surface area contributed by atoms with Crippen LogP contribution in [0.4, 0.5) is 11.4 Å². The van der Waals surface area contributed by atoms with Crippen LogP contribution < -0.4 is 16.0 Å². The van der Waals surface area contributed by atoms with E-state index in [0.29, 0.717) is 43.4 Å². The first-order valence-corrected chi connectivity index (χ1v) is 9.72. The highest BCUT2D eigenvalue weighted by Gasteiger charge is 2.11. The summed E-state index contributed by atoms with van der Waals surface area (Å²) < 4.78 is 0. The molecule has 1 amide bonds. The fourth-order valence-corrected chi connectivity index (χ4v) is 2.68. The van der Waals surface area contributed by atoms with Crippen molar-refractivity contribution in [2.45, 2.75) is 13.5 Å². The molecule has 9 nitrogen and oxygen atoms in total. The van der Waals surface area contributed by atoms with Gasteiger partial charge in [0.25, 0.3) is 11.6 Å². The van der Waals surface area contributed by atoms with Crippen molar-refractivity contribution in [3.05, 3.63) is 69.8 Å². The number of nitrogens with one attached hydrogen (secondary N) is 3. The number of benzene rings is 2. The molecule has 0 atom stereocenters. The number of guanidine groups is 1. The summed E-state index contributed by atoms with van der Waals surface area (Å²) in [6, 6.07) is 13.9. The van der Waals surface area contributed by atoms with Crippen molar-refractivity contribution in [3.63, 3.8) is 0 Å². The van der Waals surface area contributed by atoms with Gasteiger partial charge in [0, 0.05) is 45.4 Å². The molecule has 0 aliphatic heterocycles. The van der Waals surface area contributed by atoms with Gasteiger partial charge in [0.1, 0.15) is 5.69 Å². The highest BCUT2D eigenvalue weighted by Crippen LogP contribution is 2.22. The van der Waals surface area contributed by atoms with Crippen molar-refractivity contribution in [1.29, 1.82) is 0 Å². The van der Waals surface area contributed by atoms with Gasteiger partial charge in [0.05, 0.1) is 11.5 Å². The minimum absolute atomic E-state index is 0. The van der Waals surface area contributed by atoms with Gasteiger partial charge in [-0.3, -0.25) is 14.9 Å². The van der Waals surface area contributed by atoms with Gasteiger partial charge in [0.15, 0.2) is 5.96 Å². The quantitative estimate of drug-likeness (QED) is 0.113. The maximum Gasteiger partial charge on any atom is 0.292 e. The lowest BCUT2D eigenvalue weighted by atomic mass is 10.1. The van der Waals surface area contributed by atoms with Crippen molar-refractivity contribution in [2.75, 3.05) is 39.0 Å². The van der Waals surface area contributed by atoms with Crippen molar-refractivity contribution in [1.82, 2.24) is 15.5 Å². The van der Waals surface area contributed by atoms with Gasteiger partial charge in [-0.2, -0.15) is 0 Å². The number of nitrogens with zero attached hydrogens (tertiary/aromatic N) is 3. The van der Waals surface area contributed by atoms with Crippen LogP contribution >= 0.6 is 24.0 Å². The summed E-state index contributed by atoms with van der Waals surface area (Å²) in [4.78, 5) is 28.7. The van der Waals surface area contributed by atoms with Crippen molar-refractivity contribution in [2.24, 2.45) is 4.99 Å². The maximum absolute atomic E-state index is 11.9. The second kappa shape index (κ2) is 13.4. The first kappa shape index (κ1) is 26.1. The number of amides is 1. The molecule has 2 aromatic rings. The molecule has 0 unspecified atom stereocenters. The molecule has 0 aliphatic rings. The Kier molecular flexibility index (Phi) is 11.3. The fraction of sp³-hybridized carbons (Fsp3) is 0.333. The smallest absolute Gasteiger partial charge is 0.292 e. The zero-order chi connectivity index (χ0) is 21.9.